The molecule has 3 nitrogen and oxygen atoms in total. The summed E-state index contributed by atoms with van der Waals surface area (Å²) in [6.45, 7) is 0. The van der Waals surface area contributed by atoms with Crippen LogP contribution in [-0.2, 0) is 0 Å². The van der Waals surface area contributed by atoms with E-state index in [1.807, 2.05) is 0 Å². The van der Waals surface area contributed by atoms with Gasteiger partial charge in [-0.1, -0.05) is 0 Å². The van der Waals surface area contributed by atoms with Crippen LogP contribution in [0.15, 0.2) is 47.1 Å². The monoisotopic (exact) mass is 188 g/mol. The van der Waals surface area contributed by atoms with E-state index in [1.165, 1.54) is 6.26 Å². The smallest absolute Gasteiger partial charge is 0.289 e. The molecular formula is C11H8O3. The van der Waals surface area contributed by atoms with Gasteiger partial charge in [-0.2, -0.15) is 0 Å². The number of carbonyl (C=O) groups is 1. The first kappa shape index (κ1) is 8.56. The molecule has 14 heavy (non-hydrogen) atoms. The molecule has 0 spiro atoms. The quantitative estimate of drug-likeness (QED) is 0.695. The molecule has 1 aromatic heterocycles. The molecule has 0 radical (unpaired) electrons. The van der Waals surface area contributed by atoms with Crippen LogP contribution in [-0.4, -0.2) is 6.29 Å². The lowest BCUT2D eigenvalue weighted by atomic mass is 10.2. The third-order valence-electron chi connectivity index (χ3n) is 1.73. The van der Waals surface area contributed by atoms with E-state index < -0.39 is 0 Å². The van der Waals surface area contributed by atoms with E-state index >= 15 is 0 Å². The van der Waals surface area contributed by atoms with E-state index in [9.17, 15) is 4.79 Å². The summed E-state index contributed by atoms with van der Waals surface area (Å²) >= 11 is 0. The standard InChI is InChI=1S/C11H8O3/c12-8-9-3-5-10(6-4-9)14-11-2-1-7-13-11/h1-8H. The van der Waals surface area contributed by atoms with E-state index in [-0.39, 0.29) is 0 Å². The van der Waals surface area contributed by atoms with Gasteiger partial charge in [-0.3, -0.25) is 4.79 Å². The van der Waals surface area contributed by atoms with Crippen LogP contribution in [0.4, 0.5) is 0 Å². The molecule has 0 aliphatic carbocycles. The summed E-state index contributed by atoms with van der Waals surface area (Å²) in [5.41, 5.74) is 0.622. The molecule has 0 amide bonds. The summed E-state index contributed by atoms with van der Waals surface area (Å²) in [6.07, 6.45) is 2.33. The Hall–Kier alpha value is -2.03. The first-order chi connectivity index (χ1) is 6.88. The molecule has 0 atom stereocenters. The molecule has 0 fully saturated rings. The van der Waals surface area contributed by atoms with Crippen molar-refractivity contribution >= 4 is 6.29 Å². The van der Waals surface area contributed by atoms with Gasteiger partial charge in [-0.15, -0.1) is 0 Å². The summed E-state index contributed by atoms with van der Waals surface area (Å²) in [5, 5.41) is 0. The molecule has 1 heterocycles. The number of hydrogen-bond acceptors (Lipinski definition) is 3. The van der Waals surface area contributed by atoms with Crippen LogP contribution >= 0.6 is 0 Å². The molecule has 0 saturated heterocycles. The SMILES string of the molecule is O=Cc1ccc(Oc2ccco2)cc1. The fourth-order valence-corrected chi connectivity index (χ4v) is 1.05. The maximum absolute atomic E-state index is 10.4. The topological polar surface area (TPSA) is 39.4 Å². The zero-order valence-electron chi connectivity index (χ0n) is 7.34. The minimum atomic E-state index is 0.434. The van der Waals surface area contributed by atoms with Crippen molar-refractivity contribution < 1.29 is 13.9 Å². The fourth-order valence-electron chi connectivity index (χ4n) is 1.05. The third-order valence-corrected chi connectivity index (χ3v) is 1.73. The Labute approximate surface area is 80.9 Å². The number of ether oxygens (including phenoxy) is 1. The lowest BCUT2D eigenvalue weighted by molar-refractivity contribution is 0.112. The second kappa shape index (κ2) is 3.79. The molecule has 0 bridgehead atoms. The van der Waals surface area contributed by atoms with Gasteiger partial charge in [-0.25, -0.2) is 0 Å². The highest BCUT2D eigenvalue weighted by atomic mass is 16.6. The number of rotatable bonds is 3. The lowest BCUT2D eigenvalue weighted by Crippen LogP contribution is -1.83. The minimum Gasteiger partial charge on any atom is -0.434 e. The van der Waals surface area contributed by atoms with Crippen molar-refractivity contribution in [3.05, 3.63) is 48.2 Å². The average molecular weight is 188 g/mol. The molecular weight excluding hydrogens is 180 g/mol. The molecule has 0 aliphatic rings. The van der Waals surface area contributed by atoms with E-state index in [2.05, 4.69) is 0 Å². The van der Waals surface area contributed by atoms with Gasteiger partial charge < -0.3 is 9.15 Å². The lowest BCUT2D eigenvalue weighted by Gasteiger charge is -2.00. The van der Waals surface area contributed by atoms with Gasteiger partial charge in [0.2, 0.25) is 0 Å². The predicted octanol–water partition coefficient (Wildman–Crippen LogP) is 2.88. The Kier molecular flexibility index (Phi) is 2.32. The van der Waals surface area contributed by atoms with Gasteiger partial charge in [0.15, 0.2) is 0 Å². The molecule has 2 aromatic rings. The van der Waals surface area contributed by atoms with Gasteiger partial charge >= 0.3 is 0 Å². The van der Waals surface area contributed by atoms with E-state index in [4.69, 9.17) is 9.15 Å². The van der Waals surface area contributed by atoms with Crippen LogP contribution < -0.4 is 4.74 Å². The molecule has 3 heteroatoms. The predicted molar refractivity (Wildman–Crippen MR) is 50.6 cm³/mol. The molecule has 0 saturated carbocycles. The number of benzene rings is 1. The van der Waals surface area contributed by atoms with Gasteiger partial charge in [0.25, 0.3) is 5.95 Å². The van der Waals surface area contributed by atoms with Gasteiger partial charge in [-0.05, 0) is 30.3 Å². The van der Waals surface area contributed by atoms with Crippen molar-refractivity contribution in [3.63, 3.8) is 0 Å². The second-order valence-corrected chi connectivity index (χ2v) is 2.72. The molecule has 2 rings (SSSR count). The average Bonchev–Trinajstić information content (AvgIpc) is 2.72. The molecule has 0 unspecified atom stereocenters. The summed E-state index contributed by atoms with van der Waals surface area (Å²) < 4.78 is 10.3. The van der Waals surface area contributed by atoms with Crippen molar-refractivity contribution in [1.82, 2.24) is 0 Å². The third kappa shape index (κ3) is 1.82. The van der Waals surface area contributed by atoms with Crippen molar-refractivity contribution in [2.75, 3.05) is 0 Å². The Morgan fingerprint density at radius 3 is 2.50 bits per heavy atom. The summed E-state index contributed by atoms with van der Waals surface area (Å²) in [5.74, 6) is 1.08. The van der Waals surface area contributed by atoms with Gasteiger partial charge in [0.1, 0.15) is 12.0 Å². The van der Waals surface area contributed by atoms with Crippen LogP contribution in [0.25, 0.3) is 0 Å². The van der Waals surface area contributed by atoms with Crippen LogP contribution in [0, 0.1) is 0 Å². The van der Waals surface area contributed by atoms with Gasteiger partial charge in [0, 0.05) is 11.6 Å². The highest BCUT2D eigenvalue weighted by molar-refractivity contribution is 5.74. The van der Waals surface area contributed by atoms with Crippen molar-refractivity contribution in [2.24, 2.45) is 0 Å². The Balaban J connectivity index is 2.14. The number of furan rings is 1. The summed E-state index contributed by atoms with van der Waals surface area (Å²) in [4.78, 5) is 10.4. The maximum Gasteiger partial charge on any atom is 0.289 e. The minimum absolute atomic E-state index is 0.434. The van der Waals surface area contributed by atoms with Gasteiger partial charge in [0.05, 0.1) is 6.26 Å². The first-order valence-corrected chi connectivity index (χ1v) is 4.15. The highest BCUT2D eigenvalue weighted by Crippen LogP contribution is 2.21. The van der Waals surface area contributed by atoms with E-state index in [0.717, 1.165) is 6.29 Å². The molecule has 70 valence electrons. The Morgan fingerprint density at radius 1 is 1.14 bits per heavy atom. The highest BCUT2D eigenvalue weighted by Gasteiger charge is 1.98. The molecule has 0 aliphatic heterocycles. The van der Waals surface area contributed by atoms with E-state index in [0.29, 0.717) is 17.3 Å². The van der Waals surface area contributed by atoms with Crippen molar-refractivity contribution in [1.29, 1.82) is 0 Å². The number of hydrogen-bond donors (Lipinski definition) is 0. The second-order valence-electron chi connectivity index (χ2n) is 2.72. The summed E-state index contributed by atoms with van der Waals surface area (Å²) in [6, 6.07) is 10.3. The summed E-state index contributed by atoms with van der Waals surface area (Å²) in [7, 11) is 0. The zero-order chi connectivity index (χ0) is 9.80. The molecule has 1 aromatic carbocycles. The van der Waals surface area contributed by atoms with E-state index in [1.54, 1.807) is 36.4 Å². The molecule has 0 N–H and O–H groups in total. The number of aldehydes is 1. The van der Waals surface area contributed by atoms with Crippen molar-refractivity contribution in [2.45, 2.75) is 0 Å². The normalized spacial score (nSPS) is 9.71. The largest absolute Gasteiger partial charge is 0.434 e. The van der Waals surface area contributed by atoms with Crippen LogP contribution in [0.1, 0.15) is 10.4 Å². The zero-order valence-corrected chi connectivity index (χ0v) is 7.34. The maximum atomic E-state index is 10.4. The Morgan fingerprint density at radius 2 is 1.93 bits per heavy atom. The van der Waals surface area contributed by atoms with Crippen molar-refractivity contribution in [3.8, 4) is 11.7 Å². The number of carbonyl (C=O) groups excluding carboxylic acids is 1. The Bertz CT molecular complexity index is 401. The van der Waals surface area contributed by atoms with Crippen LogP contribution in [0.3, 0.4) is 0 Å². The fraction of sp³-hybridized carbons (Fsp3) is 0. The van der Waals surface area contributed by atoms with Crippen LogP contribution in [0.2, 0.25) is 0 Å². The van der Waals surface area contributed by atoms with Crippen LogP contribution in [0.5, 0.6) is 11.7 Å². The first-order valence-electron chi connectivity index (χ1n) is 4.15.